The van der Waals surface area contributed by atoms with E-state index in [1.54, 1.807) is 37.3 Å². The first-order valence-electron chi connectivity index (χ1n) is 16.0. The van der Waals surface area contributed by atoms with Crippen LogP contribution in [0, 0.1) is 17.8 Å². The van der Waals surface area contributed by atoms with E-state index in [0.717, 1.165) is 11.3 Å². The fourth-order valence-electron chi connectivity index (χ4n) is 7.57. The molecule has 1 heterocycles. The molecule has 3 aliphatic carbocycles. The summed E-state index contributed by atoms with van der Waals surface area (Å²) < 4.78 is 6.27. The number of hydrogen-bond acceptors (Lipinski definition) is 9. The van der Waals surface area contributed by atoms with E-state index in [9.17, 15) is 24.3 Å². The van der Waals surface area contributed by atoms with Crippen LogP contribution in [0.25, 0.3) is 0 Å². The Morgan fingerprint density at radius 3 is 2.16 bits per heavy atom. The molecule has 50 heavy (non-hydrogen) atoms. The van der Waals surface area contributed by atoms with Gasteiger partial charge in [0, 0.05) is 46.9 Å². The van der Waals surface area contributed by atoms with Crippen LogP contribution in [0.5, 0.6) is 11.5 Å². The fraction of sp³-hybridized carbons (Fsp3) is 0.263. The van der Waals surface area contributed by atoms with E-state index < -0.39 is 23.7 Å². The van der Waals surface area contributed by atoms with Gasteiger partial charge in [-0.1, -0.05) is 11.6 Å². The van der Waals surface area contributed by atoms with Crippen LogP contribution in [0.3, 0.4) is 0 Å². The number of methoxy groups -OCH3 is 1. The summed E-state index contributed by atoms with van der Waals surface area (Å²) in [5.74, 6) is -3.72. The van der Waals surface area contributed by atoms with Gasteiger partial charge in [0.05, 0.1) is 40.5 Å². The lowest BCUT2D eigenvalue weighted by Gasteiger charge is -2.42. The average Bonchev–Trinajstić information content (AvgIpc) is 3.37. The number of azo groups is 1. The Balaban J connectivity index is 1.23. The standard InChI is InChI=1S/C38H32Br2N4O6/c1-18-15-28(45)32-27(35(18)46)16-25-23(30(32)26-17-29(50-4)36(47)34(40)33(26)39)13-14-24-31(25)38(49)44(37(24)48)22-11-7-20(8-12-22)42-41-19-5-9-21(10-6-19)43(2)3/h5-13,15,17,24-25,30-31,47H,14,16H2,1-4H3/t24-,25+,30+,31-/m0/s1. The van der Waals surface area contributed by atoms with Crippen LogP contribution in [-0.2, 0) is 19.2 Å². The predicted molar refractivity (Wildman–Crippen MR) is 195 cm³/mol. The lowest BCUT2D eigenvalue weighted by molar-refractivity contribution is -0.123. The zero-order chi connectivity index (χ0) is 35.6. The second-order valence-corrected chi connectivity index (χ2v) is 14.6. The number of aromatic hydroxyl groups is 1. The Morgan fingerprint density at radius 1 is 0.900 bits per heavy atom. The number of Topliss-reactive ketones (excluding diaryl/α,β-unsaturated/α-hetero) is 1. The lowest BCUT2D eigenvalue weighted by Crippen LogP contribution is -2.40. The predicted octanol–water partition coefficient (Wildman–Crippen LogP) is 8.04. The number of hydrogen-bond donors (Lipinski definition) is 1. The van der Waals surface area contributed by atoms with Gasteiger partial charge < -0.3 is 14.7 Å². The number of imide groups is 1. The number of nitrogens with zero attached hydrogens (tertiary/aromatic N) is 4. The monoisotopic (exact) mass is 798 g/mol. The van der Waals surface area contributed by atoms with Crippen molar-refractivity contribution in [2.45, 2.75) is 25.7 Å². The molecule has 1 saturated heterocycles. The molecule has 4 atom stereocenters. The molecule has 0 aromatic heterocycles. The number of anilines is 2. The molecule has 12 heteroatoms. The molecule has 0 unspecified atom stereocenters. The molecule has 1 fully saturated rings. The van der Waals surface area contributed by atoms with Crippen LogP contribution < -0.4 is 14.5 Å². The molecule has 2 amide bonds. The van der Waals surface area contributed by atoms with Crippen LogP contribution in [0.1, 0.15) is 31.2 Å². The van der Waals surface area contributed by atoms with Crippen LogP contribution in [0.15, 0.2) is 108 Å². The van der Waals surface area contributed by atoms with Gasteiger partial charge in [-0.3, -0.25) is 24.1 Å². The molecule has 0 spiro atoms. The summed E-state index contributed by atoms with van der Waals surface area (Å²) in [5.41, 5.74) is 5.12. The topological polar surface area (TPSA) is 129 Å². The zero-order valence-electron chi connectivity index (χ0n) is 27.6. The Labute approximate surface area is 305 Å². The molecule has 4 aliphatic rings. The number of amides is 2. The van der Waals surface area contributed by atoms with E-state index in [1.807, 2.05) is 49.3 Å². The highest BCUT2D eigenvalue weighted by molar-refractivity contribution is 9.13. The SMILES string of the molecule is COc1cc([C@H]2C3=CC[C@@H]4C(=O)N(c5ccc(N=Nc6ccc(N(C)C)cc6)cc5)C(=O)[C@@H]4[C@@H]3CC3=C2C(=O)C=C(C)C3=O)c(Br)c(Br)c1O. The van der Waals surface area contributed by atoms with Crippen molar-refractivity contribution in [3.05, 3.63) is 104 Å². The Bertz CT molecular complexity index is 2120. The van der Waals surface area contributed by atoms with Crippen molar-refractivity contribution in [2.75, 3.05) is 31.0 Å². The van der Waals surface area contributed by atoms with E-state index in [2.05, 4.69) is 42.1 Å². The maximum atomic E-state index is 14.3. The van der Waals surface area contributed by atoms with E-state index in [0.29, 0.717) is 54.7 Å². The van der Waals surface area contributed by atoms with Crippen molar-refractivity contribution >= 4 is 78.0 Å². The van der Waals surface area contributed by atoms with Crippen molar-refractivity contribution < 1.29 is 29.0 Å². The van der Waals surface area contributed by atoms with Crippen molar-refractivity contribution in [1.29, 1.82) is 0 Å². The van der Waals surface area contributed by atoms with Crippen LogP contribution in [0.4, 0.5) is 22.7 Å². The van der Waals surface area contributed by atoms with Gasteiger partial charge in [0.1, 0.15) is 0 Å². The second-order valence-electron chi connectivity index (χ2n) is 13.0. The average molecular weight is 801 g/mol. The van der Waals surface area contributed by atoms with Gasteiger partial charge in [-0.2, -0.15) is 10.2 Å². The van der Waals surface area contributed by atoms with Gasteiger partial charge in [0.15, 0.2) is 23.1 Å². The third-order valence-corrected chi connectivity index (χ3v) is 12.2. The molecule has 254 valence electrons. The quantitative estimate of drug-likeness (QED) is 0.116. The number of carbonyl (C=O) groups is 4. The highest BCUT2D eigenvalue weighted by Gasteiger charge is 2.57. The summed E-state index contributed by atoms with van der Waals surface area (Å²) in [4.78, 5) is 58.9. The molecule has 3 aromatic carbocycles. The molecule has 1 N–H and O–H groups in total. The molecule has 0 bridgehead atoms. The van der Waals surface area contributed by atoms with Crippen molar-refractivity contribution in [2.24, 2.45) is 28.0 Å². The first kappa shape index (κ1) is 33.8. The second kappa shape index (κ2) is 12.9. The number of ketones is 2. The maximum Gasteiger partial charge on any atom is 0.238 e. The van der Waals surface area contributed by atoms with Gasteiger partial charge in [0.2, 0.25) is 11.8 Å². The Kier molecular flexibility index (Phi) is 8.72. The minimum Gasteiger partial charge on any atom is -0.503 e. The zero-order valence-corrected chi connectivity index (χ0v) is 30.8. The number of phenolic OH excluding ortho intramolecular Hbond substituents is 1. The van der Waals surface area contributed by atoms with Gasteiger partial charge in [-0.05, 0) is 124 Å². The fourth-order valence-corrected chi connectivity index (χ4v) is 8.53. The van der Waals surface area contributed by atoms with E-state index in [-0.39, 0.29) is 41.3 Å². The molecule has 0 saturated carbocycles. The molecule has 0 radical (unpaired) electrons. The number of benzene rings is 3. The Hall–Kier alpha value is -4.68. The first-order valence-corrected chi connectivity index (χ1v) is 17.6. The highest BCUT2D eigenvalue weighted by atomic mass is 79.9. The molecule has 3 aromatic rings. The van der Waals surface area contributed by atoms with Gasteiger partial charge in [-0.15, -0.1) is 0 Å². The van der Waals surface area contributed by atoms with Crippen LogP contribution >= 0.6 is 31.9 Å². The summed E-state index contributed by atoms with van der Waals surface area (Å²) in [6.07, 6.45) is 3.76. The molecule has 10 nitrogen and oxygen atoms in total. The number of fused-ring (bicyclic) bond motifs is 3. The van der Waals surface area contributed by atoms with Crippen LogP contribution in [0.2, 0.25) is 0 Å². The molecule has 1 aliphatic heterocycles. The third-order valence-electron chi connectivity index (χ3n) is 10.0. The number of ether oxygens (including phenoxy) is 1. The lowest BCUT2D eigenvalue weighted by atomic mass is 9.59. The number of allylic oxidation sites excluding steroid dienone is 6. The van der Waals surface area contributed by atoms with Gasteiger partial charge >= 0.3 is 0 Å². The van der Waals surface area contributed by atoms with E-state index in [1.165, 1.54) is 18.1 Å². The number of rotatable bonds is 6. The number of carbonyl (C=O) groups excluding carboxylic acids is 4. The summed E-state index contributed by atoms with van der Waals surface area (Å²) in [7, 11) is 5.35. The minimum atomic E-state index is -0.737. The van der Waals surface area contributed by atoms with Crippen molar-refractivity contribution in [1.82, 2.24) is 0 Å². The number of halogens is 2. The third kappa shape index (κ3) is 5.45. The van der Waals surface area contributed by atoms with Crippen LogP contribution in [-0.4, -0.2) is 49.7 Å². The summed E-state index contributed by atoms with van der Waals surface area (Å²) in [6, 6.07) is 16.1. The van der Waals surface area contributed by atoms with E-state index in [4.69, 9.17) is 4.74 Å². The van der Waals surface area contributed by atoms with Crippen molar-refractivity contribution in [3.63, 3.8) is 0 Å². The summed E-state index contributed by atoms with van der Waals surface area (Å²) >= 11 is 7.03. The van der Waals surface area contributed by atoms with Crippen molar-refractivity contribution in [3.8, 4) is 11.5 Å². The first-order chi connectivity index (χ1) is 23.9. The highest BCUT2D eigenvalue weighted by Crippen LogP contribution is 2.57. The Morgan fingerprint density at radius 2 is 1.54 bits per heavy atom. The minimum absolute atomic E-state index is 0.123. The smallest absolute Gasteiger partial charge is 0.238 e. The molecular weight excluding hydrogens is 768 g/mol. The van der Waals surface area contributed by atoms with E-state index >= 15 is 0 Å². The molecular formula is C38H32Br2N4O6. The molecule has 7 rings (SSSR count). The van der Waals surface area contributed by atoms with Gasteiger partial charge in [0.25, 0.3) is 0 Å². The number of phenols is 1. The van der Waals surface area contributed by atoms with Gasteiger partial charge in [-0.25, -0.2) is 0 Å². The summed E-state index contributed by atoms with van der Waals surface area (Å²) in [5, 5.41) is 19.3. The largest absolute Gasteiger partial charge is 0.503 e. The normalized spacial score (nSPS) is 23.1. The maximum absolute atomic E-state index is 14.3. The summed E-state index contributed by atoms with van der Waals surface area (Å²) in [6.45, 7) is 1.61.